The third-order valence-electron chi connectivity index (χ3n) is 13.8. The molecule has 14 heteroatoms. The molecule has 2 saturated heterocycles. The fourth-order valence-corrected chi connectivity index (χ4v) is 9.18. The van der Waals surface area contributed by atoms with Crippen LogP contribution in [0.25, 0.3) is 0 Å². The molecule has 0 saturated carbocycles. The van der Waals surface area contributed by atoms with E-state index in [2.05, 4.69) is 43.5 Å². The number of aliphatic hydroxyl groups excluding tert-OH is 8. The van der Waals surface area contributed by atoms with Crippen LogP contribution in [0.1, 0.15) is 219 Å². The predicted molar refractivity (Wildman–Crippen MR) is 277 cm³/mol. The summed E-state index contributed by atoms with van der Waals surface area (Å²) >= 11 is 0. The zero-order valence-electron chi connectivity index (χ0n) is 43.8. The van der Waals surface area contributed by atoms with Gasteiger partial charge in [0.2, 0.25) is 5.91 Å². The molecular formula is C56H103NO13. The van der Waals surface area contributed by atoms with Crippen molar-refractivity contribution < 1.29 is 64.6 Å². The first-order valence-electron chi connectivity index (χ1n) is 28.2. The molecule has 2 aliphatic rings. The van der Waals surface area contributed by atoms with Crippen LogP contribution >= 0.6 is 0 Å². The predicted octanol–water partition coefficient (Wildman–Crippen LogP) is 8.66. The molecule has 2 rings (SSSR count). The Kier molecular flexibility index (Phi) is 39.1. The van der Waals surface area contributed by atoms with Gasteiger partial charge >= 0.3 is 0 Å². The molecule has 0 spiro atoms. The highest BCUT2D eigenvalue weighted by Gasteiger charge is 2.51. The van der Waals surface area contributed by atoms with E-state index in [-0.39, 0.29) is 18.9 Å². The first kappa shape index (κ1) is 64.3. The standard InChI is InChI=1S/C56H103NO13/c1-3-5-7-9-11-13-15-17-19-20-21-22-23-24-26-28-30-32-34-36-38-40-48(61)57-44(45(60)39-37-35-33-31-29-27-25-18-16-14-12-10-8-6-4-2)43-67-55-53(66)51(64)54(47(42-59)69-55)70-56-52(65)50(63)49(62)46(41-58)68-56/h20-21,29,31,37,39,44-47,49-56,58-60,62-66H,3-19,22-28,30,32-36,38,40-43H2,1-2H3,(H,57,61)/b21-20-,31-29+,39-37+. The number of rotatable bonds is 44. The molecule has 12 atom stereocenters. The molecule has 12 unspecified atom stereocenters. The van der Waals surface area contributed by atoms with E-state index in [9.17, 15) is 45.6 Å². The second kappa shape index (κ2) is 42.6. The highest BCUT2D eigenvalue weighted by atomic mass is 16.7. The van der Waals surface area contributed by atoms with Crippen molar-refractivity contribution in [3.8, 4) is 0 Å². The summed E-state index contributed by atoms with van der Waals surface area (Å²) in [6.45, 7) is 2.77. The van der Waals surface area contributed by atoms with E-state index in [4.69, 9.17) is 18.9 Å². The number of hydrogen-bond acceptors (Lipinski definition) is 13. The van der Waals surface area contributed by atoms with E-state index < -0.39 is 86.8 Å². The van der Waals surface area contributed by atoms with Gasteiger partial charge in [-0.25, -0.2) is 0 Å². The van der Waals surface area contributed by atoms with Crippen molar-refractivity contribution in [2.45, 2.75) is 293 Å². The molecule has 0 bridgehead atoms. The van der Waals surface area contributed by atoms with Crippen LogP contribution in [0.5, 0.6) is 0 Å². The van der Waals surface area contributed by atoms with Crippen LogP contribution in [0.3, 0.4) is 0 Å². The number of unbranched alkanes of at least 4 members (excludes halogenated alkanes) is 27. The Morgan fingerprint density at radius 3 is 1.40 bits per heavy atom. The summed E-state index contributed by atoms with van der Waals surface area (Å²) in [7, 11) is 0. The zero-order chi connectivity index (χ0) is 51.0. The van der Waals surface area contributed by atoms with Gasteiger partial charge in [-0.3, -0.25) is 4.79 Å². The Morgan fingerprint density at radius 1 is 0.500 bits per heavy atom. The number of allylic oxidation sites excluding steroid dienone is 5. The monoisotopic (exact) mass is 998 g/mol. The van der Waals surface area contributed by atoms with E-state index >= 15 is 0 Å². The van der Waals surface area contributed by atoms with Crippen molar-refractivity contribution in [3.05, 3.63) is 36.5 Å². The third-order valence-corrected chi connectivity index (χ3v) is 13.8. The highest BCUT2D eigenvalue weighted by Crippen LogP contribution is 2.30. The van der Waals surface area contributed by atoms with Gasteiger partial charge in [0.25, 0.3) is 0 Å². The fourth-order valence-electron chi connectivity index (χ4n) is 9.18. The van der Waals surface area contributed by atoms with E-state index in [1.165, 1.54) is 154 Å². The molecule has 1 amide bonds. The molecule has 0 radical (unpaired) electrons. The van der Waals surface area contributed by atoms with Crippen molar-refractivity contribution >= 4 is 5.91 Å². The summed E-state index contributed by atoms with van der Waals surface area (Å²) in [6, 6.07) is -0.931. The summed E-state index contributed by atoms with van der Waals surface area (Å²) in [5.41, 5.74) is 0. The molecule has 0 aromatic heterocycles. The molecule has 14 nitrogen and oxygen atoms in total. The molecule has 70 heavy (non-hydrogen) atoms. The number of carbonyl (C=O) groups is 1. The minimum absolute atomic E-state index is 0.251. The number of amides is 1. The van der Waals surface area contributed by atoms with Crippen LogP contribution in [-0.4, -0.2) is 140 Å². The summed E-state index contributed by atoms with van der Waals surface area (Å²) in [6.07, 6.45) is 33.2. The van der Waals surface area contributed by atoms with Crippen LogP contribution < -0.4 is 5.32 Å². The lowest BCUT2D eigenvalue weighted by atomic mass is 9.97. The van der Waals surface area contributed by atoms with Crippen LogP contribution in [-0.2, 0) is 23.7 Å². The van der Waals surface area contributed by atoms with Gasteiger partial charge < -0.3 is 65.1 Å². The zero-order valence-corrected chi connectivity index (χ0v) is 43.8. The van der Waals surface area contributed by atoms with Crippen molar-refractivity contribution in [2.75, 3.05) is 19.8 Å². The molecule has 0 aliphatic carbocycles. The maximum atomic E-state index is 13.2. The number of ether oxygens (including phenoxy) is 4. The van der Waals surface area contributed by atoms with Gasteiger partial charge in [0, 0.05) is 6.42 Å². The van der Waals surface area contributed by atoms with Crippen molar-refractivity contribution in [2.24, 2.45) is 0 Å². The fraction of sp³-hybridized carbons (Fsp3) is 0.875. The third kappa shape index (κ3) is 28.6. The topological polar surface area (TPSA) is 228 Å². The van der Waals surface area contributed by atoms with E-state index in [0.717, 1.165) is 32.1 Å². The molecule has 2 aliphatic heterocycles. The lowest BCUT2D eigenvalue weighted by Gasteiger charge is -2.46. The van der Waals surface area contributed by atoms with E-state index in [0.29, 0.717) is 12.8 Å². The highest BCUT2D eigenvalue weighted by molar-refractivity contribution is 5.76. The lowest BCUT2D eigenvalue weighted by Crippen LogP contribution is -2.65. The van der Waals surface area contributed by atoms with E-state index in [1.807, 2.05) is 6.08 Å². The van der Waals surface area contributed by atoms with Crippen molar-refractivity contribution in [1.29, 1.82) is 0 Å². The van der Waals surface area contributed by atoms with Gasteiger partial charge in [0.05, 0.1) is 32.0 Å². The van der Waals surface area contributed by atoms with E-state index in [1.54, 1.807) is 6.08 Å². The molecule has 0 aromatic rings. The summed E-state index contributed by atoms with van der Waals surface area (Å²) in [5.74, 6) is -0.251. The molecule has 2 heterocycles. The molecular weight excluding hydrogens is 895 g/mol. The molecule has 9 N–H and O–H groups in total. The largest absolute Gasteiger partial charge is 0.394 e. The summed E-state index contributed by atoms with van der Waals surface area (Å²) in [5, 5.41) is 86.9. The Morgan fingerprint density at radius 2 is 0.914 bits per heavy atom. The summed E-state index contributed by atoms with van der Waals surface area (Å²) < 4.78 is 22.7. The smallest absolute Gasteiger partial charge is 0.220 e. The molecule has 410 valence electrons. The van der Waals surface area contributed by atoms with Gasteiger partial charge in [-0.15, -0.1) is 0 Å². The van der Waals surface area contributed by atoms with Crippen LogP contribution in [0.2, 0.25) is 0 Å². The Bertz CT molecular complexity index is 1320. The minimum Gasteiger partial charge on any atom is -0.394 e. The number of nitrogens with one attached hydrogen (secondary N) is 1. The van der Waals surface area contributed by atoms with Crippen molar-refractivity contribution in [3.63, 3.8) is 0 Å². The first-order chi connectivity index (χ1) is 34.1. The Balaban J connectivity index is 1.80. The first-order valence-corrected chi connectivity index (χ1v) is 28.2. The second-order valence-corrected chi connectivity index (χ2v) is 20.1. The lowest BCUT2D eigenvalue weighted by molar-refractivity contribution is -0.359. The van der Waals surface area contributed by atoms with Crippen molar-refractivity contribution in [1.82, 2.24) is 5.32 Å². The average Bonchev–Trinajstić information content (AvgIpc) is 3.36. The van der Waals surface area contributed by atoms with Gasteiger partial charge in [-0.05, 0) is 57.8 Å². The Labute approximate surface area is 423 Å². The Hall–Kier alpha value is -1.79. The van der Waals surface area contributed by atoms with Crippen LogP contribution in [0, 0.1) is 0 Å². The van der Waals surface area contributed by atoms with Gasteiger partial charge in [-0.2, -0.15) is 0 Å². The van der Waals surface area contributed by atoms with Gasteiger partial charge in [0.15, 0.2) is 12.6 Å². The molecule has 0 aromatic carbocycles. The number of hydrogen-bond donors (Lipinski definition) is 9. The maximum Gasteiger partial charge on any atom is 0.220 e. The molecule has 2 fully saturated rings. The van der Waals surface area contributed by atoms with Crippen LogP contribution in [0.15, 0.2) is 36.5 Å². The normalized spacial score (nSPS) is 26.2. The van der Waals surface area contributed by atoms with Gasteiger partial charge in [0.1, 0.15) is 48.8 Å². The number of carbonyl (C=O) groups excluding carboxylic acids is 1. The maximum absolute atomic E-state index is 13.2. The quantitative estimate of drug-likeness (QED) is 0.0206. The average molecular weight is 998 g/mol. The van der Waals surface area contributed by atoms with Crippen LogP contribution in [0.4, 0.5) is 0 Å². The summed E-state index contributed by atoms with van der Waals surface area (Å²) in [4.78, 5) is 13.2. The minimum atomic E-state index is -1.79. The van der Waals surface area contributed by atoms with Gasteiger partial charge in [-0.1, -0.05) is 192 Å². The SMILES string of the molecule is CCCCCCCCCC/C=C\CCCCCCCCCCCC(=O)NC(COC1OC(CO)C(OC2OC(CO)C(O)C(O)C2O)C(O)C1O)C(O)/C=C/CC/C=C/CCCCCCCCCCC. The second-order valence-electron chi connectivity index (χ2n) is 20.1. The number of aliphatic hydroxyl groups is 8.